The molecule has 134 valence electrons. The van der Waals surface area contributed by atoms with E-state index in [0.717, 1.165) is 35.8 Å². The van der Waals surface area contributed by atoms with Crippen LogP contribution in [0.5, 0.6) is 0 Å². The number of aromatic amines is 1. The van der Waals surface area contributed by atoms with Gasteiger partial charge in [-0.15, -0.1) is 0 Å². The van der Waals surface area contributed by atoms with Crippen LogP contribution in [0.2, 0.25) is 0 Å². The van der Waals surface area contributed by atoms with Gasteiger partial charge in [0.05, 0.1) is 5.54 Å². The number of aromatic nitrogens is 3. The van der Waals surface area contributed by atoms with Gasteiger partial charge in [0.1, 0.15) is 0 Å². The Morgan fingerprint density at radius 1 is 0.923 bits per heavy atom. The van der Waals surface area contributed by atoms with Crippen molar-refractivity contribution in [3.8, 4) is 0 Å². The van der Waals surface area contributed by atoms with Gasteiger partial charge in [-0.25, -0.2) is 23.9 Å². The van der Waals surface area contributed by atoms with Gasteiger partial charge in [-0.05, 0) is 42.7 Å². The molecule has 1 aliphatic rings. The van der Waals surface area contributed by atoms with E-state index in [1.165, 1.54) is 12.6 Å². The van der Waals surface area contributed by atoms with Crippen LogP contribution >= 0.6 is 0 Å². The van der Waals surface area contributed by atoms with E-state index in [1.807, 2.05) is 24.3 Å². The van der Waals surface area contributed by atoms with Crippen LogP contribution in [0.15, 0.2) is 70.3 Å². The van der Waals surface area contributed by atoms with Gasteiger partial charge in [0.25, 0.3) is 0 Å². The summed E-state index contributed by atoms with van der Waals surface area (Å²) >= 11 is 0. The van der Waals surface area contributed by atoms with Gasteiger partial charge < -0.3 is 0 Å². The Morgan fingerprint density at radius 3 is 2.04 bits per heavy atom. The smallest absolute Gasteiger partial charge is 0.246 e. The minimum absolute atomic E-state index is 0.281. The molecule has 3 aromatic rings. The summed E-state index contributed by atoms with van der Waals surface area (Å²) in [5, 5.41) is 2.79. The number of benzene rings is 2. The summed E-state index contributed by atoms with van der Waals surface area (Å²) in [6.07, 6.45) is 3.58. The lowest BCUT2D eigenvalue weighted by atomic mass is 9.71. The standard InChI is InChI=1S/C21H23N3O2/c1-23-19(25)22-24(20(23)26)21(18-10-6-3-7-11-18)14-12-17(13-15-21)16-8-4-2-5-9-16/h2-11,17H,12-15H2,1H3,(H,22,25). The first-order chi connectivity index (χ1) is 12.6. The van der Waals surface area contributed by atoms with E-state index in [9.17, 15) is 9.59 Å². The van der Waals surface area contributed by atoms with Crippen molar-refractivity contribution in [2.45, 2.75) is 37.1 Å². The molecule has 5 nitrogen and oxygen atoms in total. The van der Waals surface area contributed by atoms with Gasteiger partial charge >= 0.3 is 11.4 Å². The van der Waals surface area contributed by atoms with E-state index < -0.39 is 5.54 Å². The van der Waals surface area contributed by atoms with E-state index in [0.29, 0.717) is 5.92 Å². The zero-order valence-electron chi connectivity index (χ0n) is 14.9. The van der Waals surface area contributed by atoms with Gasteiger partial charge in [-0.1, -0.05) is 60.7 Å². The largest absolute Gasteiger partial charge is 0.347 e. The predicted octanol–water partition coefficient (Wildman–Crippen LogP) is 2.98. The highest BCUT2D eigenvalue weighted by molar-refractivity contribution is 5.28. The third-order valence-corrected chi connectivity index (χ3v) is 5.81. The molecular formula is C21H23N3O2. The van der Waals surface area contributed by atoms with E-state index in [4.69, 9.17) is 0 Å². The maximum Gasteiger partial charge on any atom is 0.347 e. The van der Waals surface area contributed by atoms with Crippen LogP contribution < -0.4 is 11.4 Å². The number of H-pyrrole nitrogens is 1. The summed E-state index contributed by atoms with van der Waals surface area (Å²) < 4.78 is 2.71. The first-order valence-electron chi connectivity index (χ1n) is 9.11. The van der Waals surface area contributed by atoms with Gasteiger partial charge in [0.15, 0.2) is 0 Å². The lowest BCUT2D eigenvalue weighted by Crippen LogP contribution is -2.45. The second kappa shape index (κ2) is 6.48. The van der Waals surface area contributed by atoms with Crippen LogP contribution in [-0.4, -0.2) is 14.3 Å². The zero-order valence-corrected chi connectivity index (χ0v) is 14.9. The molecule has 1 saturated carbocycles. The SMILES string of the molecule is Cn1c(=O)[nH]n(C2(c3ccccc3)CCC(c3ccccc3)CC2)c1=O. The Morgan fingerprint density at radius 2 is 1.50 bits per heavy atom. The molecule has 1 N–H and O–H groups in total. The van der Waals surface area contributed by atoms with Crippen LogP contribution in [0, 0.1) is 0 Å². The van der Waals surface area contributed by atoms with Crippen molar-refractivity contribution in [1.82, 2.24) is 14.3 Å². The van der Waals surface area contributed by atoms with Gasteiger partial charge in [0.2, 0.25) is 0 Å². The summed E-state index contributed by atoms with van der Waals surface area (Å²) in [7, 11) is 1.52. The predicted molar refractivity (Wildman–Crippen MR) is 101 cm³/mol. The Hall–Kier alpha value is -2.82. The number of nitrogens with one attached hydrogen (secondary N) is 1. The summed E-state index contributed by atoms with van der Waals surface area (Å²) in [6, 6.07) is 20.6. The molecule has 1 aromatic heterocycles. The Labute approximate surface area is 151 Å². The molecule has 2 aromatic carbocycles. The van der Waals surface area contributed by atoms with Crippen LogP contribution in [0.1, 0.15) is 42.7 Å². The molecule has 26 heavy (non-hydrogen) atoms. The molecule has 1 heterocycles. The van der Waals surface area contributed by atoms with E-state index in [-0.39, 0.29) is 11.4 Å². The highest BCUT2D eigenvalue weighted by Crippen LogP contribution is 2.44. The molecule has 1 fully saturated rings. The molecule has 0 spiro atoms. The Bertz CT molecular complexity index is 991. The quantitative estimate of drug-likeness (QED) is 0.790. The summed E-state index contributed by atoms with van der Waals surface area (Å²) in [5.41, 5.74) is 1.29. The Kier molecular flexibility index (Phi) is 4.15. The summed E-state index contributed by atoms with van der Waals surface area (Å²) in [6.45, 7) is 0. The van der Waals surface area contributed by atoms with Crippen molar-refractivity contribution in [3.05, 3.63) is 92.8 Å². The number of nitrogens with zero attached hydrogens (tertiary/aromatic N) is 2. The Balaban J connectivity index is 1.76. The van der Waals surface area contributed by atoms with E-state index >= 15 is 0 Å². The molecule has 5 heteroatoms. The maximum atomic E-state index is 12.7. The van der Waals surface area contributed by atoms with Crippen molar-refractivity contribution in [3.63, 3.8) is 0 Å². The molecule has 4 rings (SSSR count). The van der Waals surface area contributed by atoms with Crippen LogP contribution in [-0.2, 0) is 12.6 Å². The topological polar surface area (TPSA) is 59.8 Å². The fourth-order valence-electron chi connectivity index (χ4n) is 4.29. The maximum absolute atomic E-state index is 12.7. The van der Waals surface area contributed by atoms with E-state index in [2.05, 4.69) is 41.5 Å². The second-order valence-electron chi connectivity index (χ2n) is 7.18. The first-order valence-corrected chi connectivity index (χ1v) is 9.11. The van der Waals surface area contributed by atoms with Crippen LogP contribution in [0.25, 0.3) is 0 Å². The summed E-state index contributed by atoms with van der Waals surface area (Å²) in [4.78, 5) is 24.8. The van der Waals surface area contributed by atoms with Crippen LogP contribution in [0.4, 0.5) is 0 Å². The normalized spacial score (nSPS) is 23.0. The third-order valence-electron chi connectivity index (χ3n) is 5.81. The van der Waals surface area contributed by atoms with Crippen LogP contribution in [0.3, 0.4) is 0 Å². The fraction of sp³-hybridized carbons (Fsp3) is 0.333. The molecule has 0 aliphatic heterocycles. The first kappa shape index (κ1) is 16.6. The fourth-order valence-corrected chi connectivity index (χ4v) is 4.29. The van der Waals surface area contributed by atoms with Gasteiger partial charge in [0, 0.05) is 7.05 Å². The van der Waals surface area contributed by atoms with Crippen molar-refractivity contribution in [1.29, 1.82) is 0 Å². The minimum Gasteiger partial charge on any atom is -0.246 e. The van der Waals surface area contributed by atoms with Crippen molar-refractivity contribution in [2.24, 2.45) is 7.05 Å². The van der Waals surface area contributed by atoms with Gasteiger partial charge in [-0.2, -0.15) is 0 Å². The summed E-state index contributed by atoms with van der Waals surface area (Å²) in [5.74, 6) is 0.485. The molecule has 0 atom stereocenters. The molecule has 0 unspecified atom stereocenters. The van der Waals surface area contributed by atoms with Crippen molar-refractivity contribution >= 4 is 0 Å². The highest BCUT2D eigenvalue weighted by Gasteiger charge is 2.41. The monoisotopic (exact) mass is 349 g/mol. The van der Waals surface area contributed by atoms with Crippen molar-refractivity contribution in [2.75, 3.05) is 0 Å². The minimum atomic E-state index is -0.496. The lowest BCUT2D eigenvalue weighted by molar-refractivity contribution is 0.201. The molecular weight excluding hydrogens is 326 g/mol. The lowest BCUT2D eigenvalue weighted by Gasteiger charge is -2.40. The van der Waals surface area contributed by atoms with Crippen molar-refractivity contribution < 1.29 is 0 Å². The average molecular weight is 349 g/mol. The highest BCUT2D eigenvalue weighted by atomic mass is 16.2. The van der Waals surface area contributed by atoms with E-state index in [1.54, 1.807) is 4.68 Å². The average Bonchev–Trinajstić information content (AvgIpc) is 2.97. The number of hydrogen-bond donors (Lipinski definition) is 1. The molecule has 0 bridgehead atoms. The van der Waals surface area contributed by atoms with Gasteiger partial charge in [-0.3, -0.25) is 0 Å². The molecule has 0 saturated heterocycles. The molecule has 0 radical (unpaired) electrons. The number of hydrogen-bond acceptors (Lipinski definition) is 2. The zero-order chi connectivity index (χ0) is 18.1. The molecule has 1 aliphatic carbocycles. The molecule has 0 amide bonds. The second-order valence-corrected chi connectivity index (χ2v) is 7.18. The number of rotatable bonds is 3. The third kappa shape index (κ3) is 2.64.